The van der Waals surface area contributed by atoms with Gasteiger partial charge in [0, 0.05) is 18.6 Å². The summed E-state index contributed by atoms with van der Waals surface area (Å²) in [5, 5.41) is 14.6. The molecule has 0 aliphatic rings. The van der Waals surface area contributed by atoms with Crippen molar-refractivity contribution >= 4 is 34.1 Å². The van der Waals surface area contributed by atoms with Gasteiger partial charge >= 0.3 is 5.97 Å². The van der Waals surface area contributed by atoms with Crippen LogP contribution in [0.5, 0.6) is 0 Å². The third-order valence-corrected chi connectivity index (χ3v) is 4.65. The summed E-state index contributed by atoms with van der Waals surface area (Å²) in [6, 6.07) is 1.77. The fraction of sp³-hybridized carbons (Fsp3) is 0.294. The van der Waals surface area contributed by atoms with Gasteiger partial charge in [-0.2, -0.15) is 0 Å². The minimum absolute atomic E-state index is 0.0567. The highest BCUT2D eigenvalue weighted by atomic mass is 32.1. The fourth-order valence-electron chi connectivity index (χ4n) is 2.38. The quantitative estimate of drug-likeness (QED) is 0.666. The first-order valence-corrected chi connectivity index (χ1v) is 8.77. The van der Waals surface area contributed by atoms with E-state index >= 15 is 0 Å². The zero-order chi connectivity index (χ0) is 20.1. The van der Waals surface area contributed by atoms with Crippen molar-refractivity contribution in [1.29, 1.82) is 0 Å². The van der Waals surface area contributed by atoms with E-state index in [2.05, 4.69) is 15.6 Å². The Balaban J connectivity index is 2.23. The fourth-order valence-corrected chi connectivity index (χ4v) is 3.29. The Morgan fingerprint density at radius 1 is 1.30 bits per heavy atom. The van der Waals surface area contributed by atoms with Crippen molar-refractivity contribution in [2.75, 3.05) is 5.32 Å². The summed E-state index contributed by atoms with van der Waals surface area (Å²) in [5.74, 6) is -4.13. The van der Waals surface area contributed by atoms with Gasteiger partial charge < -0.3 is 15.7 Å². The molecule has 10 heteroatoms. The maximum Gasteiger partial charge on any atom is 0.357 e. The smallest absolute Gasteiger partial charge is 0.357 e. The summed E-state index contributed by atoms with van der Waals surface area (Å²) in [4.78, 5) is 38.9. The van der Waals surface area contributed by atoms with Crippen LogP contribution in [-0.4, -0.2) is 27.9 Å². The number of aromatic nitrogens is 1. The third-order valence-electron chi connectivity index (χ3n) is 3.53. The highest BCUT2D eigenvalue weighted by Gasteiger charge is 2.23. The molecule has 2 rings (SSSR count). The van der Waals surface area contributed by atoms with E-state index in [4.69, 9.17) is 0 Å². The van der Waals surface area contributed by atoms with Gasteiger partial charge in [0.2, 0.25) is 11.8 Å². The number of thiazole rings is 1. The van der Waals surface area contributed by atoms with Crippen LogP contribution in [0.3, 0.4) is 0 Å². The van der Waals surface area contributed by atoms with Crippen LogP contribution < -0.4 is 10.6 Å². The van der Waals surface area contributed by atoms with Crippen molar-refractivity contribution in [2.24, 2.45) is 0 Å². The Labute approximate surface area is 157 Å². The van der Waals surface area contributed by atoms with E-state index in [9.17, 15) is 28.3 Å². The van der Waals surface area contributed by atoms with Gasteiger partial charge in [-0.1, -0.05) is 13.0 Å². The Bertz CT molecular complexity index is 885. The van der Waals surface area contributed by atoms with E-state index in [1.165, 1.54) is 6.92 Å². The van der Waals surface area contributed by atoms with E-state index in [0.717, 1.165) is 23.5 Å². The maximum atomic E-state index is 14.0. The molecule has 0 aliphatic carbocycles. The number of halogens is 2. The number of nitrogens with one attached hydrogen (secondary N) is 2. The van der Waals surface area contributed by atoms with E-state index in [1.807, 2.05) is 0 Å². The number of aryl methyl sites for hydroxylation is 1. The SMILES string of the molecule is CCc1nc(C(=O)O)c(NC(=O)CC(NC(C)=O)c2ccc(F)cc2F)s1. The largest absolute Gasteiger partial charge is 0.476 e. The van der Waals surface area contributed by atoms with E-state index in [1.54, 1.807) is 6.92 Å². The molecule has 0 saturated carbocycles. The number of benzene rings is 1. The molecule has 0 bridgehead atoms. The highest BCUT2D eigenvalue weighted by Crippen LogP contribution is 2.27. The van der Waals surface area contributed by atoms with E-state index < -0.39 is 35.5 Å². The predicted molar refractivity (Wildman–Crippen MR) is 94.6 cm³/mol. The lowest BCUT2D eigenvalue weighted by molar-refractivity contribution is -0.120. The first-order valence-electron chi connectivity index (χ1n) is 7.96. The standard InChI is InChI=1S/C17H17F2N3O4S/c1-3-14-22-15(17(25)26)16(27-14)21-13(24)7-12(20-8(2)23)10-5-4-9(18)6-11(10)19/h4-6,12H,3,7H2,1-2H3,(H,20,23)(H,21,24)(H,25,26). The van der Waals surface area contributed by atoms with Crippen LogP contribution >= 0.6 is 11.3 Å². The Hall–Kier alpha value is -2.88. The lowest BCUT2D eigenvalue weighted by atomic mass is 10.0. The van der Waals surface area contributed by atoms with Crippen LogP contribution in [0, 0.1) is 11.6 Å². The van der Waals surface area contributed by atoms with Gasteiger partial charge in [-0.15, -0.1) is 11.3 Å². The van der Waals surface area contributed by atoms with Crippen LogP contribution in [0.15, 0.2) is 18.2 Å². The molecule has 144 valence electrons. The number of carbonyl (C=O) groups excluding carboxylic acids is 2. The number of carboxylic acids is 1. The number of carboxylic acid groups (broad SMARTS) is 1. The van der Waals surface area contributed by atoms with E-state index in [0.29, 0.717) is 17.5 Å². The molecular weight excluding hydrogens is 380 g/mol. The highest BCUT2D eigenvalue weighted by molar-refractivity contribution is 7.16. The molecule has 1 atom stereocenters. The number of amides is 2. The number of hydrogen-bond acceptors (Lipinski definition) is 5. The minimum atomic E-state index is -1.29. The van der Waals surface area contributed by atoms with Crippen LogP contribution in [0.1, 0.15) is 47.4 Å². The molecule has 0 saturated heterocycles. The molecule has 0 aliphatic heterocycles. The Kier molecular flexibility index (Phi) is 6.56. The number of aromatic carboxylic acids is 1. The van der Waals surface area contributed by atoms with Gasteiger partial charge in [-0.05, 0) is 12.5 Å². The van der Waals surface area contributed by atoms with Crippen molar-refractivity contribution < 1.29 is 28.3 Å². The van der Waals surface area contributed by atoms with Crippen molar-refractivity contribution in [2.45, 2.75) is 32.7 Å². The molecule has 0 spiro atoms. The number of rotatable bonds is 7. The van der Waals surface area contributed by atoms with Gasteiger partial charge in [-0.3, -0.25) is 9.59 Å². The minimum Gasteiger partial charge on any atom is -0.476 e. The average Bonchev–Trinajstić information content (AvgIpc) is 2.97. The van der Waals surface area contributed by atoms with Gasteiger partial charge in [0.15, 0.2) is 5.69 Å². The summed E-state index contributed by atoms with van der Waals surface area (Å²) in [6.07, 6.45) is 0.122. The first-order chi connectivity index (χ1) is 12.7. The molecule has 0 fully saturated rings. The number of nitrogens with zero attached hydrogens (tertiary/aromatic N) is 1. The van der Waals surface area contributed by atoms with Crippen LogP contribution in [0.4, 0.5) is 13.8 Å². The molecule has 3 N–H and O–H groups in total. The zero-order valence-electron chi connectivity index (χ0n) is 14.5. The molecule has 7 nitrogen and oxygen atoms in total. The van der Waals surface area contributed by atoms with Crippen molar-refractivity contribution in [1.82, 2.24) is 10.3 Å². The van der Waals surface area contributed by atoms with Crippen molar-refractivity contribution in [3.05, 3.63) is 46.1 Å². The summed E-state index contributed by atoms with van der Waals surface area (Å²) >= 11 is 1.02. The monoisotopic (exact) mass is 397 g/mol. The lowest BCUT2D eigenvalue weighted by Crippen LogP contribution is -2.30. The number of hydrogen-bond donors (Lipinski definition) is 3. The normalized spacial score (nSPS) is 11.7. The second-order valence-electron chi connectivity index (χ2n) is 5.62. The molecule has 2 aromatic rings. The van der Waals surface area contributed by atoms with Crippen molar-refractivity contribution in [3.63, 3.8) is 0 Å². The van der Waals surface area contributed by atoms with Gasteiger partial charge in [-0.25, -0.2) is 18.6 Å². The summed E-state index contributed by atoms with van der Waals surface area (Å²) in [6.45, 7) is 2.99. The molecule has 2 amide bonds. The molecule has 0 radical (unpaired) electrons. The second-order valence-corrected chi connectivity index (χ2v) is 6.70. The number of anilines is 1. The lowest BCUT2D eigenvalue weighted by Gasteiger charge is -2.18. The number of carbonyl (C=O) groups is 3. The maximum absolute atomic E-state index is 14.0. The summed E-state index contributed by atoms with van der Waals surface area (Å²) in [7, 11) is 0. The van der Waals surface area contributed by atoms with Gasteiger partial charge in [0.25, 0.3) is 0 Å². The van der Waals surface area contributed by atoms with E-state index in [-0.39, 0.29) is 22.7 Å². The van der Waals surface area contributed by atoms with Gasteiger partial charge in [0.05, 0.1) is 17.5 Å². The average molecular weight is 397 g/mol. The van der Waals surface area contributed by atoms with Crippen LogP contribution in [-0.2, 0) is 16.0 Å². The van der Waals surface area contributed by atoms with Crippen LogP contribution in [0.25, 0.3) is 0 Å². The second kappa shape index (κ2) is 8.67. The topological polar surface area (TPSA) is 108 Å². The molecule has 1 unspecified atom stereocenters. The van der Waals surface area contributed by atoms with Crippen molar-refractivity contribution in [3.8, 4) is 0 Å². The van der Waals surface area contributed by atoms with Crippen LogP contribution in [0.2, 0.25) is 0 Å². The Morgan fingerprint density at radius 2 is 2.00 bits per heavy atom. The molecule has 1 aromatic heterocycles. The van der Waals surface area contributed by atoms with Gasteiger partial charge in [0.1, 0.15) is 16.6 Å². The zero-order valence-corrected chi connectivity index (χ0v) is 15.3. The molecule has 27 heavy (non-hydrogen) atoms. The third kappa shape index (κ3) is 5.30. The first kappa shape index (κ1) is 20.4. The summed E-state index contributed by atoms with van der Waals surface area (Å²) in [5.41, 5.74) is -0.340. The predicted octanol–water partition coefficient (Wildman–Crippen LogP) is 2.89. The molecule has 1 aromatic carbocycles. The molecular formula is C17H17F2N3O4S. The Morgan fingerprint density at radius 3 is 2.56 bits per heavy atom. The molecule has 1 heterocycles. The summed E-state index contributed by atoms with van der Waals surface area (Å²) < 4.78 is 27.2.